The fraction of sp³-hybridized carbons (Fsp3) is 0.462. The van der Waals surface area contributed by atoms with Gasteiger partial charge in [0.2, 0.25) is 5.91 Å². The zero-order chi connectivity index (χ0) is 12.7. The molecule has 3 nitrogen and oxygen atoms in total. The van der Waals surface area contributed by atoms with Crippen molar-refractivity contribution < 1.29 is 9.53 Å². The highest BCUT2D eigenvalue weighted by Gasteiger charge is 2.03. The topological polar surface area (TPSA) is 38.3 Å². The number of hydrogen-bond donors (Lipinski definition) is 1. The van der Waals surface area contributed by atoms with Crippen LogP contribution in [0.2, 0.25) is 0 Å². The van der Waals surface area contributed by atoms with Crippen LogP contribution in [-0.2, 0) is 10.5 Å². The smallest absolute Gasteiger partial charge is 0.230 e. The molecule has 17 heavy (non-hydrogen) atoms. The largest absolute Gasteiger partial charge is 0.497 e. The van der Waals surface area contributed by atoms with Crippen LogP contribution in [0.4, 0.5) is 0 Å². The number of amides is 1. The summed E-state index contributed by atoms with van der Waals surface area (Å²) < 4.78 is 5.08. The predicted octanol–water partition coefficient (Wildman–Crippen LogP) is 2.45. The molecule has 0 aliphatic carbocycles. The number of hydrogen-bond acceptors (Lipinski definition) is 3. The maximum atomic E-state index is 11.4. The first-order chi connectivity index (χ1) is 8.11. The number of carbonyl (C=O) groups is 1. The van der Waals surface area contributed by atoms with E-state index in [1.54, 1.807) is 18.9 Å². The number of nitrogens with one attached hydrogen (secondary N) is 1. The molecule has 94 valence electrons. The Labute approximate surface area is 107 Å². The van der Waals surface area contributed by atoms with Gasteiger partial charge < -0.3 is 10.1 Å². The van der Waals surface area contributed by atoms with Crippen molar-refractivity contribution in [1.82, 2.24) is 5.32 Å². The highest BCUT2D eigenvalue weighted by molar-refractivity contribution is 7.99. The van der Waals surface area contributed by atoms with Crippen molar-refractivity contribution in [3.05, 3.63) is 29.8 Å². The van der Waals surface area contributed by atoms with Gasteiger partial charge >= 0.3 is 0 Å². The first-order valence-electron chi connectivity index (χ1n) is 5.62. The number of methoxy groups -OCH3 is 1. The summed E-state index contributed by atoms with van der Waals surface area (Å²) in [6, 6.07) is 8.12. The van der Waals surface area contributed by atoms with Gasteiger partial charge in [0.15, 0.2) is 0 Å². The van der Waals surface area contributed by atoms with Crippen molar-refractivity contribution in [2.24, 2.45) is 0 Å². The predicted molar refractivity (Wildman–Crippen MR) is 72.4 cm³/mol. The first kappa shape index (κ1) is 13.9. The monoisotopic (exact) mass is 253 g/mol. The molecule has 0 saturated carbocycles. The molecule has 1 aromatic rings. The van der Waals surface area contributed by atoms with Crippen molar-refractivity contribution in [3.63, 3.8) is 0 Å². The van der Waals surface area contributed by atoms with Crippen molar-refractivity contribution in [1.29, 1.82) is 0 Å². The fourth-order valence-corrected chi connectivity index (χ4v) is 2.15. The van der Waals surface area contributed by atoms with E-state index in [1.165, 1.54) is 5.56 Å². The van der Waals surface area contributed by atoms with Crippen molar-refractivity contribution >= 4 is 17.7 Å². The molecule has 1 aromatic carbocycles. The standard InChI is InChI=1S/C13H19NO2S/c1-10(2)14-13(15)9-17-8-11-4-6-12(16-3)7-5-11/h4-7,10H,8-9H2,1-3H3,(H,14,15). The fourth-order valence-electron chi connectivity index (χ4n) is 1.35. The minimum atomic E-state index is 0.0958. The molecule has 0 spiro atoms. The normalized spacial score (nSPS) is 10.4. The average Bonchev–Trinajstić information content (AvgIpc) is 2.29. The van der Waals surface area contributed by atoms with Crippen LogP contribution >= 0.6 is 11.8 Å². The summed E-state index contributed by atoms with van der Waals surface area (Å²) in [7, 11) is 1.65. The molecule has 0 aliphatic rings. The average molecular weight is 253 g/mol. The number of ether oxygens (including phenoxy) is 1. The molecule has 0 aliphatic heterocycles. The van der Waals surface area contributed by atoms with E-state index in [-0.39, 0.29) is 11.9 Å². The molecule has 0 saturated heterocycles. The van der Waals surface area contributed by atoms with E-state index in [2.05, 4.69) is 5.32 Å². The van der Waals surface area contributed by atoms with E-state index >= 15 is 0 Å². The Morgan fingerprint density at radius 1 is 1.35 bits per heavy atom. The Bertz CT molecular complexity index is 349. The van der Waals surface area contributed by atoms with Gasteiger partial charge in [-0.15, -0.1) is 11.8 Å². The third-order valence-electron chi connectivity index (χ3n) is 2.11. The van der Waals surface area contributed by atoms with E-state index < -0.39 is 0 Å². The summed E-state index contributed by atoms with van der Waals surface area (Å²) in [5.41, 5.74) is 1.20. The molecule has 1 N–H and O–H groups in total. The lowest BCUT2D eigenvalue weighted by molar-refractivity contribution is -0.119. The van der Waals surface area contributed by atoms with Gasteiger partial charge in [-0.1, -0.05) is 12.1 Å². The summed E-state index contributed by atoms with van der Waals surface area (Å²) in [5, 5.41) is 2.87. The van der Waals surface area contributed by atoms with E-state index in [0.717, 1.165) is 11.5 Å². The zero-order valence-corrected chi connectivity index (χ0v) is 11.3. The lowest BCUT2D eigenvalue weighted by atomic mass is 10.2. The SMILES string of the molecule is COc1ccc(CSCC(=O)NC(C)C)cc1. The van der Waals surface area contributed by atoms with Crippen molar-refractivity contribution in [2.75, 3.05) is 12.9 Å². The van der Waals surface area contributed by atoms with Gasteiger partial charge in [-0.25, -0.2) is 0 Å². The van der Waals surface area contributed by atoms with Crippen LogP contribution < -0.4 is 10.1 Å². The summed E-state index contributed by atoms with van der Waals surface area (Å²) in [4.78, 5) is 11.4. The molecule has 0 bridgehead atoms. The van der Waals surface area contributed by atoms with Crippen LogP contribution in [0.3, 0.4) is 0 Å². The maximum absolute atomic E-state index is 11.4. The van der Waals surface area contributed by atoms with Gasteiger partial charge in [0, 0.05) is 11.8 Å². The molecule has 0 fully saturated rings. The van der Waals surface area contributed by atoms with Gasteiger partial charge in [0.05, 0.1) is 12.9 Å². The van der Waals surface area contributed by atoms with Crippen LogP contribution in [0.1, 0.15) is 19.4 Å². The lowest BCUT2D eigenvalue weighted by Crippen LogP contribution is -2.31. The highest BCUT2D eigenvalue weighted by Crippen LogP contribution is 2.16. The summed E-state index contributed by atoms with van der Waals surface area (Å²) in [6.07, 6.45) is 0. The second kappa shape index (κ2) is 7.22. The third kappa shape index (κ3) is 5.63. The number of rotatable bonds is 6. The zero-order valence-electron chi connectivity index (χ0n) is 10.5. The molecule has 0 atom stereocenters. The Kier molecular flexibility index (Phi) is 5.91. The summed E-state index contributed by atoms with van der Waals surface area (Å²) in [6.45, 7) is 3.93. The van der Waals surface area contributed by atoms with Crippen LogP contribution in [0.5, 0.6) is 5.75 Å². The van der Waals surface area contributed by atoms with Crippen molar-refractivity contribution in [3.8, 4) is 5.75 Å². The van der Waals surface area contributed by atoms with Gasteiger partial charge in [-0.3, -0.25) is 4.79 Å². The second-order valence-electron chi connectivity index (χ2n) is 4.06. The van der Waals surface area contributed by atoms with Crippen LogP contribution in [-0.4, -0.2) is 24.8 Å². The van der Waals surface area contributed by atoms with Gasteiger partial charge in [-0.05, 0) is 31.5 Å². The highest BCUT2D eigenvalue weighted by atomic mass is 32.2. The van der Waals surface area contributed by atoms with E-state index in [9.17, 15) is 4.79 Å². The Morgan fingerprint density at radius 2 is 2.00 bits per heavy atom. The van der Waals surface area contributed by atoms with E-state index in [4.69, 9.17) is 4.74 Å². The molecule has 0 heterocycles. The van der Waals surface area contributed by atoms with Crippen LogP contribution in [0.25, 0.3) is 0 Å². The Morgan fingerprint density at radius 3 is 2.53 bits per heavy atom. The molecule has 4 heteroatoms. The number of benzene rings is 1. The number of thioether (sulfide) groups is 1. The van der Waals surface area contributed by atoms with E-state index in [0.29, 0.717) is 5.75 Å². The second-order valence-corrected chi connectivity index (χ2v) is 5.05. The molecular weight excluding hydrogens is 234 g/mol. The van der Waals surface area contributed by atoms with Gasteiger partial charge in [0.1, 0.15) is 5.75 Å². The summed E-state index contributed by atoms with van der Waals surface area (Å²) >= 11 is 1.62. The third-order valence-corrected chi connectivity index (χ3v) is 3.11. The van der Waals surface area contributed by atoms with Gasteiger partial charge in [0.25, 0.3) is 0 Å². The summed E-state index contributed by atoms with van der Waals surface area (Å²) in [5.74, 6) is 2.30. The molecule has 0 aromatic heterocycles. The van der Waals surface area contributed by atoms with Crippen LogP contribution in [0, 0.1) is 0 Å². The Hall–Kier alpha value is -1.16. The quantitative estimate of drug-likeness (QED) is 0.846. The minimum absolute atomic E-state index is 0.0958. The molecule has 1 rings (SSSR count). The van der Waals surface area contributed by atoms with E-state index in [1.807, 2.05) is 38.1 Å². The van der Waals surface area contributed by atoms with Crippen LogP contribution in [0.15, 0.2) is 24.3 Å². The first-order valence-corrected chi connectivity index (χ1v) is 6.77. The number of carbonyl (C=O) groups excluding carboxylic acids is 1. The van der Waals surface area contributed by atoms with Gasteiger partial charge in [-0.2, -0.15) is 0 Å². The van der Waals surface area contributed by atoms with Crippen molar-refractivity contribution in [2.45, 2.75) is 25.6 Å². The maximum Gasteiger partial charge on any atom is 0.230 e. The minimum Gasteiger partial charge on any atom is -0.497 e. The molecular formula is C13H19NO2S. The lowest BCUT2D eigenvalue weighted by Gasteiger charge is -2.08. The molecule has 1 amide bonds. The molecule has 0 radical (unpaired) electrons. The Balaban J connectivity index is 2.28. The molecule has 0 unspecified atom stereocenters.